The molecule has 0 saturated carbocycles. The van der Waals surface area contributed by atoms with Crippen molar-refractivity contribution in [2.75, 3.05) is 27.2 Å². The monoisotopic (exact) mass is 195 g/mol. The Labute approximate surface area is 83.9 Å². The van der Waals surface area contributed by atoms with Gasteiger partial charge in [0.15, 0.2) is 0 Å². The molecule has 4 nitrogen and oxygen atoms in total. The van der Waals surface area contributed by atoms with Crippen LogP contribution >= 0.6 is 0 Å². The van der Waals surface area contributed by atoms with Gasteiger partial charge in [0.25, 0.3) is 0 Å². The van der Waals surface area contributed by atoms with Crippen molar-refractivity contribution >= 4 is 0 Å². The molecule has 0 spiro atoms. The summed E-state index contributed by atoms with van der Waals surface area (Å²) in [6.07, 6.45) is 0. The molecule has 0 amide bonds. The van der Waals surface area contributed by atoms with E-state index in [0.717, 1.165) is 25.3 Å². The van der Waals surface area contributed by atoms with E-state index >= 15 is 0 Å². The highest BCUT2D eigenvalue weighted by molar-refractivity contribution is 5.03. The predicted molar refractivity (Wildman–Crippen MR) is 57.3 cm³/mol. The third kappa shape index (κ3) is 3.72. The molecule has 4 heteroatoms. The molecule has 1 aromatic rings. The van der Waals surface area contributed by atoms with Gasteiger partial charge < -0.3 is 10.3 Å². The van der Waals surface area contributed by atoms with Crippen LogP contribution in [0.3, 0.4) is 0 Å². The third-order valence-electron chi connectivity index (χ3n) is 2.01. The fourth-order valence-electron chi connectivity index (χ4n) is 1.26. The molecule has 14 heavy (non-hydrogen) atoms. The Balaban J connectivity index is 2.47. The van der Waals surface area contributed by atoms with Crippen molar-refractivity contribution in [3.8, 4) is 0 Å². The molecule has 1 rings (SSSR count). The summed E-state index contributed by atoms with van der Waals surface area (Å²) in [6, 6.07) is 5.23. The first kappa shape index (κ1) is 10.9. The average Bonchev–Trinajstić information content (AvgIpc) is 2.15. The fraction of sp³-hybridized carbons (Fsp3) is 0.500. The predicted octanol–water partition coefficient (Wildman–Crippen LogP) is 0.0261. The van der Waals surface area contributed by atoms with Crippen LogP contribution in [0.4, 0.5) is 0 Å². The van der Waals surface area contributed by atoms with E-state index in [1.54, 1.807) is 6.07 Å². The second-order valence-corrected chi connectivity index (χ2v) is 3.38. The van der Waals surface area contributed by atoms with Gasteiger partial charge in [-0.15, -0.1) is 0 Å². The van der Waals surface area contributed by atoms with Crippen LogP contribution in [0.15, 0.2) is 23.0 Å². The molecular formula is C10H17N3O. The summed E-state index contributed by atoms with van der Waals surface area (Å²) >= 11 is 0. The smallest absolute Gasteiger partial charge is 0.248 e. The molecule has 0 unspecified atom stereocenters. The van der Waals surface area contributed by atoms with E-state index in [9.17, 15) is 4.79 Å². The van der Waals surface area contributed by atoms with E-state index in [1.165, 1.54) is 6.07 Å². The van der Waals surface area contributed by atoms with Crippen LogP contribution in [-0.4, -0.2) is 37.1 Å². The zero-order valence-corrected chi connectivity index (χ0v) is 8.71. The Kier molecular flexibility index (Phi) is 4.35. The van der Waals surface area contributed by atoms with E-state index in [2.05, 4.69) is 15.2 Å². The zero-order chi connectivity index (χ0) is 10.4. The Bertz CT molecular complexity index is 321. The molecule has 0 aliphatic heterocycles. The van der Waals surface area contributed by atoms with Crippen molar-refractivity contribution in [3.05, 3.63) is 34.2 Å². The summed E-state index contributed by atoms with van der Waals surface area (Å²) in [7, 11) is 3.96. The third-order valence-corrected chi connectivity index (χ3v) is 2.01. The zero-order valence-electron chi connectivity index (χ0n) is 8.71. The summed E-state index contributed by atoms with van der Waals surface area (Å²) in [6.45, 7) is 2.69. The minimum absolute atomic E-state index is 0.0375. The Morgan fingerprint density at radius 3 is 2.93 bits per heavy atom. The lowest BCUT2D eigenvalue weighted by molar-refractivity contribution is 0.324. The lowest BCUT2D eigenvalue weighted by Crippen LogP contribution is -2.27. The van der Waals surface area contributed by atoms with Crippen LogP contribution in [0.25, 0.3) is 0 Å². The number of aromatic nitrogens is 1. The minimum atomic E-state index is -0.0375. The SMILES string of the molecule is CNCCN(C)Cc1cccc(=O)[nH]1. The molecule has 0 radical (unpaired) electrons. The maximum atomic E-state index is 11.0. The van der Waals surface area contributed by atoms with E-state index < -0.39 is 0 Å². The topological polar surface area (TPSA) is 48.1 Å². The first-order chi connectivity index (χ1) is 6.72. The normalized spacial score (nSPS) is 10.8. The number of rotatable bonds is 5. The molecule has 0 bridgehead atoms. The number of nitrogens with zero attached hydrogens (tertiary/aromatic N) is 1. The van der Waals surface area contributed by atoms with Crippen molar-refractivity contribution in [2.45, 2.75) is 6.54 Å². The number of H-pyrrole nitrogens is 1. The summed E-state index contributed by atoms with van der Waals surface area (Å²) in [5.41, 5.74) is 0.917. The van der Waals surface area contributed by atoms with Gasteiger partial charge in [-0.3, -0.25) is 9.69 Å². The fourth-order valence-corrected chi connectivity index (χ4v) is 1.26. The molecule has 0 aliphatic rings. The Morgan fingerprint density at radius 2 is 2.29 bits per heavy atom. The Morgan fingerprint density at radius 1 is 1.50 bits per heavy atom. The van der Waals surface area contributed by atoms with Gasteiger partial charge in [0, 0.05) is 31.4 Å². The van der Waals surface area contributed by atoms with E-state index in [1.807, 2.05) is 20.2 Å². The molecule has 0 aromatic carbocycles. The first-order valence-electron chi connectivity index (χ1n) is 4.73. The lowest BCUT2D eigenvalue weighted by Gasteiger charge is -2.15. The highest BCUT2D eigenvalue weighted by Crippen LogP contribution is 1.95. The second-order valence-electron chi connectivity index (χ2n) is 3.38. The molecule has 0 saturated heterocycles. The summed E-state index contributed by atoms with van der Waals surface area (Å²) in [5.74, 6) is 0. The van der Waals surface area contributed by atoms with Crippen molar-refractivity contribution in [1.29, 1.82) is 0 Å². The van der Waals surface area contributed by atoms with Gasteiger partial charge in [0.05, 0.1) is 0 Å². The number of pyridine rings is 1. The van der Waals surface area contributed by atoms with Crippen molar-refractivity contribution in [3.63, 3.8) is 0 Å². The van der Waals surface area contributed by atoms with E-state index in [0.29, 0.717) is 0 Å². The molecule has 2 N–H and O–H groups in total. The molecule has 1 heterocycles. The molecule has 78 valence electrons. The summed E-state index contributed by atoms with van der Waals surface area (Å²) in [4.78, 5) is 16.0. The van der Waals surface area contributed by atoms with Gasteiger partial charge in [-0.05, 0) is 20.2 Å². The number of nitrogens with one attached hydrogen (secondary N) is 2. The van der Waals surface area contributed by atoms with Crippen LogP contribution in [0, 0.1) is 0 Å². The minimum Gasteiger partial charge on any atom is -0.325 e. The average molecular weight is 195 g/mol. The maximum Gasteiger partial charge on any atom is 0.248 e. The molecule has 0 fully saturated rings. The van der Waals surface area contributed by atoms with Crippen molar-refractivity contribution in [1.82, 2.24) is 15.2 Å². The molecule has 0 aliphatic carbocycles. The van der Waals surface area contributed by atoms with E-state index in [-0.39, 0.29) is 5.56 Å². The number of hydrogen-bond donors (Lipinski definition) is 2. The molecular weight excluding hydrogens is 178 g/mol. The van der Waals surface area contributed by atoms with Crippen LogP contribution in [-0.2, 0) is 6.54 Å². The van der Waals surface area contributed by atoms with Gasteiger partial charge in [0.2, 0.25) is 5.56 Å². The highest BCUT2D eigenvalue weighted by Gasteiger charge is 1.99. The van der Waals surface area contributed by atoms with Crippen LogP contribution < -0.4 is 10.9 Å². The lowest BCUT2D eigenvalue weighted by atomic mass is 10.3. The van der Waals surface area contributed by atoms with Crippen molar-refractivity contribution in [2.24, 2.45) is 0 Å². The number of aromatic amines is 1. The number of hydrogen-bond acceptors (Lipinski definition) is 3. The standard InChI is InChI=1S/C10H17N3O/c1-11-6-7-13(2)8-9-4-3-5-10(14)12-9/h3-5,11H,6-8H2,1-2H3,(H,12,14). The molecule has 0 atom stereocenters. The van der Waals surface area contributed by atoms with Crippen LogP contribution in [0.2, 0.25) is 0 Å². The summed E-state index contributed by atoms with van der Waals surface area (Å²) < 4.78 is 0. The van der Waals surface area contributed by atoms with Crippen LogP contribution in [0.1, 0.15) is 5.69 Å². The quantitative estimate of drug-likeness (QED) is 0.696. The van der Waals surface area contributed by atoms with Gasteiger partial charge in [-0.2, -0.15) is 0 Å². The maximum absolute atomic E-state index is 11.0. The van der Waals surface area contributed by atoms with Gasteiger partial charge in [0.1, 0.15) is 0 Å². The van der Waals surface area contributed by atoms with E-state index in [4.69, 9.17) is 0 Å². The van der Waals surface area contributed by atoms with Gasteiger partial charge >= 0.3 is 0 Å². The first-order valence-corrected chi connectivity index (χ1v) is 4.73. The van der Waals surface area contributed by atoms with Gasteiger partial charge in [-0.1, -0.05) is 6.07 Å². The largest absolute Gasteiger partial charge is 0.325 e. The molecule has 1 aromatic heterocycles. The van der Waals surface area contributed by atoms with Crippen molar-refractivity contribution < 1.29 is 0 Å². The number of likely N-dealkylation sites (N-methyl/N-ethyl adjacent to an activating group) is 2. The summed E-state index contributed by atoms with van der Waals surface area (Å²) in [5, 5.41) is 3.08. The Hall–Kier alpha value is -1.13. The highest BCUT2D eigenvalue weighted by atomic mass is 16.1. The van der Waals surface area contributed by atoms with Crippen LogP contribution in [0.5, 0.6) is 0 Å². The van der Waals surface area contributed by atoms with Gasteiger partial charge in [-0.25, -0.2) is 0 Å². The second kappa shape index (κ2) is 5.57.